The van der Waals surface area contributed by atoms with Crippen molar-refractivity contribution in [1.82, 2.24) is 4.98 Å². The molecular weight excluding hydrogens is 160 g/mol. The number of oxime groups is 1. The van der Waals surface area contributed by atoms with Gasteiger partial charge in [0.25, 0.3) is 0 Å². The van der Waals surface area contributed by atoms with Crippen LogP contribution in [-0.2, 0) is 4.84 Å². The maximum Gasteiger partial charge on any atom is 0.177 e. The van der Waals surface area contributed by atoms with Crippen molar-refractivity contribution in [2.75, 3.05) is 6.61 Å². The van der Waals surface area contributed by atoms with E-state index in [2.05, 4.69) is 20.9 Å². The molecule has 0 amide bonds. The molecule has 56 valence electrons. The fourth-order valence-electron chi connectivity index (χ4n) is 0.453. The smallest absolute Gasteiger partial charge is 0.177 e. The van der Waals surface area contributed by atoms with Crippen LogP contribution in [0.5, 0.6) is 0 Å². The Morgan fingerprint density at radius 1 is 1.91 bits per heavy atom. The highest BCUT2D eigenvalue weighted by atomic mass is 32.1. The molecule has 0 radical (unpaired) electrons. The Morgan fingerprint density at radius 2 is 2.82 bits per heavy atom. The van der Waals surface area contributed by atoms with E-state index in [1.807, 2.05) is 0 Å². The van der Waals surface area contributed by atoms with E-state index in [1.54, 1.807) is 17.9 Å². The van der Waals surface area contributed by atoms with Gasteiger partial charge in [-0.05, 0) is 0 Å². The van der Waals surface area contributed by atoms with Crippen LogP contribution >= 0.6 is 11.3 Å². The predicted molar refractivity (Wildman–Crippen MR) is 44.5 cm³/mol. The van der Waals surface area contributed by atoms with E-state index in [9.17, 15) is 0 Å². The number of rotatable bonds is 3. The Hall–Kier alpha value is -1.34. The summed E-state index contributed by atoms with van der Waals surface area (Å²) in [6.07, 6.45) is 8.21. The number of thiazole rings is 1. The van der Waals surface area contributed by atoms with Crippen molar-refractivity contribution in [2.45, 2.75) is 0 Å². The molecule has 0 aliphatic carbocycles. The summed E-state index contributed by atoms with van der Waals surface area (Å²) in [5, 5.41) is 3.61. The first kappa shape index (κ1) is 7.76. The third-order valence-electron chi connectivity index (χ3n) is 0.854. The first-order chi connectivity index (χ1) is 5.43. The summed E-state index contributed by atoms with van der Waals surface area (Å²) in [6, 6.07) is 0. The van der Waals surface area contributed by atoms with Crippen molar-refractivity contribution >= 4 is 17.6 Å². The van der Waals surface area contributed by atoms with E-state index in [0.717, 1.165) is 4.88 Å². The Kier molecular flexibility index (Phi) is 3.16. The van der Waals surface area contributed by atoms with Crippen molar-refractivity contribution in [3.8, 4) is 12.3 Å². The van der Waals surface area contributed by atoms with Gasteiger partial charge in [-0.15, -0.1) is 17.8 Å². The lowest BCUT2D eigenvalue weighted by molar-refractivity contribution is 0.182. The SMILES string of the molecule is C#CCO/N=C/c1cncs1. The Bertz CT molecular complexity index is 260. The van der Waals surface area contributed by atoms with Gasteiger partial charge in [-0.25, -0.2) is 0 Å². The summed E-state index contributed by atoms with van der Waals surface area (Å²) in [6.45, 7) is 0.204. The zero-order chi connectivity index (χ0) is 7.94. The lowest BCUT2D eigenvalue weighted by Crippen LogP contribution is -1.82. The molecule has 0 aliphatic rings. The van der Waals surface area contributed by atoms with Gasteiger partial charge in [-0.2, -0.15) is 0 Å². The first-order valence-electron chi connectivity index (χ1n) is 2.91. The summed E-state index contributed by atoms with van der Waals surface area (Å²) >= 11 is 1.49. The highest BCUT2D eigenvalue weighted by molar-refractivity contribution is 7.11. The summed E-state index contributed by atoms with van der Waals surface area (Å²) in [5.74, 6) is 2.30. The second-order valence-corrected chi connectivity index (χ2v) is 2.53. The topological polar surface area (TPSA) is 34.5 Å². The molecule has 1 rings (SSSR count). The molecule has 0 fully saturated rings. The van der Waals surface area contributed by atoms with Crippen LogP contribution in [0.3, 0.4) is 0 Å². The summed E-state index contributed by atoms with van der Waals surface area (Å²) in [5.41, 5.74) is 1.72. The van der Waals surface area contributed by atoms with Crippen molar-refractivity contribution in [2.24, 2.45) is 5.16 Å². The molecule has 0 saturated carbocycles. The van der Waals surface area contributed by atoms with Crippen LogP contribution in [0.2, 0.25) is 0 Å². The molecule has 0 spiro atoms. The zero-order valence-electron chi connectivity index (χ0n) is 5.73. The second-order valence-electron chi connectivity index (χ2n) is 1.62. The van der Waals surface area contributed by atoms with E-state index in [4.69, 9.17) is 6.42 Å². The number of terminal acetylenes is 1. The maximum atomic E-state index is 4.93. The second kappa shape index (κ2) is 4.47. The molecule has 4 heteroatoms. The summed E-state index contributed by atoms with van der Waals surface area (Å²) in [4.78, 5) is 9.47. The Labute approximate surface area is 68.7 Å². The molecule has 0 atom stereocenters. The van der Waals surface area contributed by atoms with Gasteiger partial charge in [0.2, 0.25) is 0 Å². The average molecular weight is 166 g/mol. The molecule has 0 aromatic carbocycles. The molecule has 0 bridgehead atoms. The standard InChI is InChI=1S/C7H6N2OS/c1-2-3-10-9-5-7-4-8-6-11-7/h1,4-6H,3H2/b9-5+. The van der Waals surface area contributed by atoms with E-state index < -0.39 is 0 Å². The summed E-state index contributed by atoms with van der Waals surface area (Å²) < 4.78 is 0. The lowest BCUT2D eigenvalue weighted by atomic mass is 10.6. The molecule has 11 heavy (non-hydrogen) atoms. The van der Waals surface area contributed by atoms with Gasteiger partial charge in [-0.3, -0.25) is 4.98 Å². The largest absolute Gasteiger partial charge is 0.383 e. The van der Waals surface area contributed by atoms with Crippen molar-refractivity contribution < 1.29 is 4.84 Å². The van der Waals surface area contributed by atoms with Crippen LogP contribution < -0.4 is 0 Å². The van der Waals surface area contributed by atoms with Crippen LogP contribution in [0.4, 0.5) is 0 Å². The monoisotopic (exact) mass is 166 g/mol. The Balaban J connectivity index is 2.32. The zero-order valence-corrected chi connectivity index (χ0v) is 6.54. The van der Waals surface area contributed by atoms with Crippen LogP contribution in [0.15, 0.2) is 16.9 Å². The first-order valence-corrected chi connectivity index (χ1v) is 3.78. The predicted octanol–water partition coefficient (Wildman–Crippen LogP) is 1.13. The maximum absolute atomic E-state index is 4.93. The lowest BCUT2D eigenvalue weighted by Gasteiger charge is -1.86. The minimum Gasteiger partial charge on any atom is -0.383 e. The molecular formula is C7H6N2OS. The number of nitrogens with zero attached hydrogens (tertiary/aromatic N) is 2. The van der Waals surface area contributed by atoms with E-state index >= 15 is 0 Å². The summed E-state index contributed by atoms with van der Waals surface area (Å²) in [7, 11) is 0. The molecule has 3 nitrogen and oxygen atoms in total. The van der Waals surface area contributed by atoms with Crippen LogP contribution in [0.1, 0.15) is 4.88 Å². The van der Waals surface area contributed by atoms with Gasteiger partial charge < -0.3 is 4.84 Å². The highest BCUT2D eigenvalue weighted by Crippen LogP contribution is 2.00. The third kappa shape index (κ3) is 2.83. The molecule has 1 aromatic rings. The molecule has 1 aromatic heterocycles. The molecule has 0 aliphatic heterocycles. The van der Waals surface area contributed by atoms with Crippen molar-refractivity contribution in [3.63, 3.8) is 0 Å². The van der Waals surface area contributed by atoms with Gasteiger partial charge in [0.05, 0.1) is 16.6 Å². The van der Waals surface area contributed by atoms with E-state index in [1.165, 1.54) is 11.3 Å². The average Bonchev–Trinajstić information content (AvgIpc) is 2.50. The van der Waals surface area contributed by atoms with Gasteiger partial charge >= 0.3 is 0 Å². The number of hydrogen-bond acceptors (Lipinski definition) is 4. The molecule has 0 saturated heterocycles. The Morgan fingerprint density at radius 3 is 3.45 bits per heavy atom. The number of aromatic nitrogens is 1. The molecule has 0 N–H and O–H groups in total. The fourth-order valence-corrected chi connectivity index (χ4v) is 0.922. The van der Waals surface area contributed by atoms with Crippen molar-refractivity contribution in [3.05, 3.63) is 16.6 Å². The van der Waals surface area contributed by atoms with Crippen molar-refractivity contribution in [1.29, 1.82) is 0 Å². The molecule has 1 heterocycles. The van der Waals surface area contributed by atoms with Gasteiger partial charge in [0, 0.05) is 6.20 Å². The van der Waals surface area contributed by atoms with E-state index in [0.29, 0.717) is 0 Å². The fraction of sp³-hybridized carbons (Fsp3) is 0.143. The van der Waals surface area contributed by atoms with Gasteiger partial charge in [-0.1, -0.05) is 11.1 Å². The van der Waals surface area contributed by atoms with Crippen LogP contribution in [0, 0.1) is 12.3 Å². The normalized spacial score (nSPS) is 9.73. The quantitative estimate of drug-likeness (QED) is 0.292. The van der Waals surface area contributed by atoms with Crippen LogP contribution in [-0.4, -0.2) is 17.8 Å². The van der Waals surface area contributed by atoms with Gasteiger partial charge in [0.15, 0.2) is 6.61 Å². The van der Waals surface area contributed by atoms with Gasteiger partial charge in [0.1, 0.15) is 0 Å². The minimum absolute atomic E-state index is 0.204. The minimum atomic E-state index is 0.204. The highest BCUT2D eigenvalue weighted by Gasteiger charge is 1.86. The molecule has 0 unspecified atom stereocenters. The van der Waals surface area contributed by atoms with Crippen LogP contribution in [0.25, 0.3) is 0 Å². The number of hydrogen-bond donors (Lipinski definition) is 0. The third-order valence-corrected chi connectivity index (χ3v) is 1.56. The van der Waals surface area contributed by atoms with E-state index in [-0.39, 0.29) is 6.61 Å².